The monoisotopic (exact) mass is 214 g/mol. The van der Waals surface area contributed by atoms with Crippen LogP contribution < -0.4 is 4.74 Å². The number of rotatable bonds is 3. The summed E-state index contributed by atoms with van der Waals surface area (Å²) in [6.45, 7) is 7.20. The molecule has 2 aromatic rings. The Morgan fingerprint density at radius 3 is 2.44 bits per heavy atom. The van der Waals surface area contributed by atoms with Crippen molar-refractivity contribution >= 4 is 10.8 Å². The molecule has 0 unspecified atom stereocenters. The van der Waals surface area contributed by atoms with Crippen LogP contribution in [0.25, 0.3) is 10.8 Å². The summed E-state index contributed by atoms with van der Waals surface area (Å²) in [6, 6.07) is 12.8. The van der Waals surface area contributed by atoms with Crippen molar-refractivity contribution in [2.24, 2.45) is 5.92 Å². The lowest BCUT2D eigenvalue weighted by Crippen LogP contribution is -2.04. The highest BCUT2D eigenvalue weighted by Crippen LogP contribution is 2.22. The molecule has 0 radical (unpaired) electrons. The first-order chi connectivity index (χ1) is 7.65. The van der Waals surface area contributed by atoms with Crippen LogP contribution >= 0.6 is 0 Å². The van der Waals surface area contributed by atoms with Gasteiger partial charge in [0.2, 0.25) is 0 Å². The second-order valence-corrected chi connectivity index (χ2v) is 4.72. The van der Waals surface area contributed by atoms with Gasteiger partial charge in [0.1, 0.15) is 5.75 Å². The summed E-state index contributed by atoms with van der Waals surface area (Å²) in [5.41, 5.74) is 1.29. The number of hydrogen-bond donors (Lipinski definition) is 0. The van der Waals surface area contributed by atoms with Gasteiger partial charge >= 0.3 is 0 Å². The fourth-order valence-corrected chi connectivity index (χ4v) is 1.70. The fourth-order valence-electron chi connectivity index (χ4n) is 1.70. The Kier molecular flexibility index (Phi) is 3.14. The molecule has 84 valence electrons. The van der Waals surface area contributed by atoms with Crippen molar-refractivity contribution in [2.75, 3.05) is 6.61 Å². The van der Waals surface area contributed by atoms with E-state index in [2.05, 4.69) is 51.1 Å². The second-order valence-electron chi connectivity index (χ2n) is 4.72. The zero-order chi connectivity index (χ0) is 11.5. The van der Waals surface area contributed by atoms with Crippen LogP contribution in [0.2, 0.25) is 0 Å². The third kappa shape index (κ3) is 2.54. The van der Waals surface area contributed by atoms with E-state index in [-0.39, 0.29) is 0 Å². The highest BCUT2D eigenvalue weighted by Gasteiger charge is 1.99. The van der Waals surface area contributed by atoms with E-state index in [1.54, 1.807) is 0 Å². The van der Waals surface area contributed by atoms with E-state index in [0.717, 1.165) is 12.4 Å². The van der Waals surface area contributed by atoms with E-state index in [4.69, 9.17) is 4.74 Å². The van der Waals surface area contributed by atoms with Crippen molar-refractivity contribution < 1.29 is 4.74 Å². The minimum Gasteiger partial charge on any atom is -0.493 e. The summed E-state index contributed by atoms with van der Waals surface area (Å²) in [4.78, 5) is 0. The Bertz CT molecular complexity index is 486. The number of hydrogen-bond acceptors (Lipinski definition) is 1. The molecule has 1 heteroatoms. The molecule has 0 amide bonds. The van der Waals surface area contributed by atoms with E-state index >= 15 is 0 Å². The zero-order valence-electron chi connectivity index (χ0n) is 10.2. The van der Waals surface area contributed by atoms with E-state index < -0.39 is 0 Å². The predicted molar refractivity (Wildman–Crippen MR) is 69.0 cm³/mol. The van der Waals surface area contributed by atoms with Gasteiger partial charge in [0.15, 0.2) is 0 Å². The smallest absolute Gasteiger partial charge is 0.119 e. The van der Waals surface area contributed by atoms with Crippen LogP contribution in [-0.2, 0) is 0 Å². The maximum Gasteiger partial charge on any atom is 0.119 e. The van der Waals surface area contributed by atoms with Gasteiger partial charge in [0, 0.05) is 0 Å². The van der Waals surface area contributed by atoms with Crippen LogP contribution in [0.15, 0.2) is 36.4 Å². The Morgan fingerprint density at radius 1 is 1.00 bits per heavy atom. The Morgan fingerprint density at radius 2 is 1.69 bits per heavy atom. The molecule has 0 atom stereocenters. The lowest BCUT2D eigenvalue weighted by molar-refractivity contribution is 0.271. The number of ether oxygens (including phenoxy) is 1. The standard InChI is InChI=1S/C15H18O/c1-11(2)10-16-15-7-6-13-8-12(3)4-5-14(13)9-15/h4-9,11H,10H2,1-3H3. The van der Waals surface area contributed by atoms with Crippen molar-refractivity contribution in [1.82, 2.24) is 0 Å². The van der Waals surface area contributed by atoms with Gasteiger partial charge in [-0.3, -0.25) is 0 Å². The molecule has 0 heterocycles. The highest BCUT2D eigenvalue weighted by molar-refractivity contribution is 5.84. The Labute approximate surface area is 97.1 Å². The number of benzene rings is 2. The van der Waals surface area contributed by atoms with Gasteiger partial charge in [-0.15, -0.1) is 0 Å². The van der Waals surface area contributed by atoms with Crippen molar-refractivity contribution in [1.29, 1.82) is 0 Å². The van der Waals surface area contributed by atoms with Gasteiger partial charge < -0.3 is 4.74 Å². The van der Waals surface area contributed by atoms with Crippen molar-refractivity contribution in [3.05, 3.63) is 42.0 Å². The molecule has 2 rings (SSSR count). The second kappa shape index (κ2) is 4.56. The lowest BCUT2D eigenvalue weighted by Gasteiger charge is -2.09. The van der Waals surface area contributed by atoms with Crippen LogP contribution in [0.1, 0.15) is 19.4 Å². The first-order valence-electron chi connectivity index (χ1n) is 5.78. The van der Waals surface area contributed by atoms with E-state index in [9.17, 15) is 0 Å². The summed E-state index contributed by atoms with van der Waals surface area (Å²) in [5.74, 6) is 1.53. The van der Waals surface area contributed by atoms with Crippen LogP contribution in [0.4, 0.5) is 0 Å². The van der Waals surface area contributed by atoms with Gasteiger partial charge in [0.05, 0.1) is 6.61 Å². The van der Waals surface area contributed by atoms with Crippen LogP contribution in [0.5, 0.6) is 5.75 Å². The molecule has 2 aromatic carbocycles. The van der Waals surface area contributed by atoms with Crippen molar-refractivity contribution in [2.45, 2.75) is 20.8 Å². The summed E-state index contributed by atoms with van der Waals surface area (Å²) >= 11 is 0. The molecular weight excluding hydrogens is 196 g/mol. The molecule has 0 fully saturated rings. The summed E-state index contributed by atoms with van der Waals surface area (Å²) in [6.07, 6.45) is 0. The molecule has 0 N–H and O–H groups in total. The molecule has 0 spiro atoms. The molecule has 0 aliphatic heterocycles. The van der Waals surface area contributed by atoms with Crippen LogP contribution in [-0.4, -0.2) is 6.61 Å². The average Bonchev–Trinajstić information content (AvgIpc) is 2.26. The number of aryl methyl sites for hydroxylation is 1. The maximum atomic E-state index is 5.71. The van der Waals surface area contributed by atoms with Gasteiger partial charge in [-0.1, -0.05) is 43.7 Å². The third-order valence-corrected chi connectivity index (χ3v) is 2.55. The zero-order valence-corrected chi connectivity index (χ0v) is 10.2. The lowest BCUT2D eigenvalue weighted by atomic mass is 10.1. The van der Waals surface area contributed by atoms with Crippen LogP contribution in [0, 0.1) is 12.8 Å². The van der Waals surface area contributed by atoms with Gasteiger partial charge in [-0.2, -0.15) is 0 Å². The van der Waals surface area contributed by atoms with E-state index in [1.165, 1.54) is 16.3 Å². The molecular formula is C15H18O. The SMILES string of the molecule is Cc1ccc2cc(OCC(C)C)ccc2c1. The molecule has 16 heavy (non-hydrogen) atoms. The molecule has 1 nitrogen and oxygen atoms in total. The van der Waals surface area contributed by atoms with E-state index in [0.29, 0.717) is 5.92 Å². The summed E-state index contributed by atoms with van der Waals surface area (Å²) in [7, 11) is 0. The summed E-state index contributed by atoms with van der Waals surface area (Å²) < 4.78 is 5.71. The Hall–Kier alpha value is -1.50. The fraction of sp³-hybridized carbons (Fsp3) is 0.333. The quantitative estimate of drug-likeness (QED) is 0.744. The molecule has 0 aromatic heterocycles. The van der Waals surface area contributed by atoms with Gasteiger partial charge in [-0.05, 0) is 35.7 Å². The molecule has 0 bridgehead atoms. The largest absolute Gasteiger partial charge is 0.493 e. The third-order valence-electron chi connectivity index (χ3n) is 2.55. The number of fused-ring (bicyclic) bond motifs is 1. The van der Waals surface area contributed by atoms with Crippen molar-refractivity contribution in [3.8, 4) is 5.75 Å². The highest BCUT2D eigenvalue weighted by atomic mass is 16.5. The van der Waals surface area contributed by atoms with Crippen molar-refractivity contribution in [3.63, 3.8) is 0 Å². The average molecular weight is 214 g/mol. The molecule has 0 aliphatic carbocycles. The van der Waals surface area contributed by atoms with E-state index in [1.807, 2.05) is 6.07 Å². The summed E-state index contributed by atoms with van der Waals surface area (Å²) in [5, 5.41) is 2.52. The first kappa shape index (κ1) is 11.0. The minimum atomic E-state index is 0.564. The van der Waals surface area contributed by atoms with Crippen LogP contribution in [0.3, 0.4) is 0 Å². The van der Waals surface area contributed by atoms with Gasteiger partial charge in [0.25, 0.3) is 0 Å². The van der Waals surface area contributed by atoms with Gasteiger partial charge in [-0.25, -0.2) is 0 Å². The first-order valence-corrected chi connectivity index (χ1v) is 5.78. The minimum absolute atomic E-state index is 0.564. The molecule has 0 saturated heterocycles. The topological polar surface area (TPSA) is 9.23 Å². The normalized spacial score (nSPS) is 11.0. The molecule has 0 aliphatic rings. The molecule has 0 saturated carbocycles. The maximum absolute atomic E-state index is 5.71. The Balaban J connectivity index is 2.26. The predicted octanol–water partition coefficient (Wildman–Crippen LogP) is 4.18.